The fraction of sp³-hybridized carbons (Fsp3) is 0.286. The van der Waals surface area contributed by atoms with E-state index in [1.807, 2.05) is 0 Å². The second kappa shape index (κ2) is 4.04. The highest BCUT2D eigenvalue weighted by molar-refractivity contribution is 6.30. The van der Waals surface area contributed by atoms with E-state index in [0.29, 0.717) is 0 Å². The Morgan fingerprint density at radius 3 is 2.77 bits per heavy atom. The predicted octanol–water partition coefficient (Wildman–Crippen LogP) is 0.925. The van der Waals surface area contributed by atoms with Gasteiger partial charge in [0.25, 0.3) is 5.88 Å². The second-order valence-electron chi connectivity index (χ2n) is 2.05. The highest BCUT2D eigenvalue weighted by atomic mass is 35.5. The lowest BCUT2D eigenvalue weighted by molar-refractivity contribution is 0.0592. The summed E-state index contributed by atoms with van der Waals surface area (Å²) in [7, 11) is 2.64. The molecule has 0 N–H and O–H groups in total. The van der Waals surface area contributed by atoms with Gasteiger partial charge in [-0.2, -0.15) is 0 Å². The maximum absolute atomic E-state index is 11.0. The fourth-order valence-electron chi connectivity index (χ4n) is 0.690. The minimum Gasteiger partial charge on any atom is -0.479 e. The van der Waals surface area contributed by atoms with Gasteiger partial charge in [0.05, 0.1) is 20.4 Å². The SMILES string of the molecule is COC(=O)c1cnc(Cl)c(OC)n1. The van der Waals surface area contributed by atoms with Crippen LogP contribution in [0.1, 0.15) is 10.5 Å². The van der Waals surface area contributed by atoms with Crippen molar-refractivity contribution in [2.45, 2.75) is 0 Å². The van der Waals surface area contributed by atoms with Crippen molar-refractivity contribution in [3.8, 4) is 5.88 Å². The second-order valence-corrected chi connectivity index (χ2v) is 2.40. The third-order valence-electron chi connectivity index (χ3n) is 1.29. The largest absolute Gasteiger partial charge is 0.479 e. The quantitative estimate of drug-likeness (QED) is 0.668. The van der Waals surface area contributed by atoms with Gasteiger partial charge in [-0.05, 0) is 0 Å². The van der Waals surface area contributed by atoms with Crippen LogP contribution in [0.4, 0.5) is 0 Å². The van der Waals surface area contributed by atoms with Crippen molar-refractivity contribution in [3.05, 3.63) is 17.0 Å². The molecule has 1 heterocycles. The number of hydrogen-bond donors (Lipinski definition) is 0. The summed E-state index contributed by atoms with van der Waals surface area (Å²) < 4.78 is 9.20. The summed E-state index contributed by atoms with van der Waals surface area (Å²) in [5.41, 5.74) is 0.0590. The third-order valence-corrected chi connectivity index (χ3v) is 1.55. The summed E-state index contributed by atoms with van der Waals surface area (Å²) in [5.74, 6) is -0.480. The molecule has 0 saturated heterocycles. The van der Waals surface area contributed by atoms with Gasteiger partial charge in [-0.1, -0.05) is 11.6 Å². The highest BCUT2D eigenvalue weighted by Crippen LogP contribution is 2.17. The van der Waals surface area contributed by atoms with Gasteiger partial charge in [0.2, 0.25) is 0 Å². The van der Waals surface area contributed by atoms with Gasteiger partial charge < -0.3 is 9.47 Å². The summed E-state index contributed by atoms with van der Waals surface area (Å²) >= 11 is 5.59. The first-order chi connectivity index (χ1) is 6.19. The number of rotatable bonds is 2. The van der Waals surface area contributed by atoms with Gasteiger partial charge in [0.15, 0.2) is 10.8 Å². The van der Waals surface area contributed by atoms with E-state index < -0.39 is 5.97 Å². The minimum absolute atomic E-state index is 0.0590. The van der Waals surface area contributed by atoms with Crippen LogP contribution in [0.3, 0.4) is 0 Å². The van der Waals surface area contributed by atoms with Crippen molar-refractivity contribution in [2.24, 2.45) is 0 Å². The number of esters is 1. The summed E-state index contributed by atoms with van der Waals surface area (Å²) in [6, 6.07) is 0. The van der Waals surface area contributed by atoms with Crippen molar-refractivity contribution >= 4 is 17.6 Å². The lowest BCUT2D eigenvalue weighted by Gasteiger charge is -2.02. The van der Waals surface area contributed by atoms with Crippen LogP contribution in [0.15, 0.2) is 6.20 Å². The number of methoxy groups -OCH3 is 2. The number of halogens is 1. The maximum Gasteiger partial charge on any atom is 0.358 e. The van der Waals surface area contributed by atoms with Gasteiger partial charge in [0, 0.05) is 0 Å². The number of hydrogen-bond acceptors (Lipinski definition) is 5. The smallest absolute Gasteiger partial charge is 0.358 e. The summed E-state index contributed by atoms with van der Waals surface area (Å²) in [6.45, 7) is 0. The Labute approximate surface area is 79.7 Å². The van der Waals surface area contributed by atoms with E-state index in [1.165, 1.54) is 20.4 Å². The zero-order valence-corrected chi connectivity index (χ0v) is 7.83. The standard InChI is InChI=1S/C7H7ClN2O3/c1-12-6-5(8)9-3-4(10-6)7(11)13-2/h3H,1-2H3. The molecule has 1 aromatic rings. The fourth-order valence-corrected chi connectivity index (χ4v) is 0.858. The van der Waals surface area contributed by atoms with Gasteiger partial charge in [-0.3, -0.25) is 0 Å². The van der Waals surface area contributed by atoms with E-state index in [4.69, 9.17) is 16.3 Å². The predicted molar refractivity (Wildman–Crippen MR) is 44.9 cm³/mol. The molecule has 0 atom stereocenters. The molecule has 0 aliphatic heterocycles. The van der Waals surface area contributed by atoms with Crippen molar-refractivity contribution in [3.63, 3.8) is 0 Å². The molecule has 0 radical (unpaired) electrons. The van der Waals surface area contributed by atoms with E-state index in [0.717, 1.165) is 0 Å². The molecule has 0 aromatic carbocycles. The number of aromatic nitrogens is 2. The molecule has 0 amide bonds. The maximum atomic E-state index is 11.0. The van der Waals surface area contributed by atoms with Crippen molar-refractivity contribution in [2.75, 3.05) is 14.2 Å². The topological polar surface area (TPSA) is 61.3 Å². The Morgan fingerprint density at radius 1 is 1.54 bits per heavy atom. The van der Waals surface area contributed by atoms with E-state index in [-0.39, 0.29) is 16.7 Å². The molecule has 5 nitrogen and oxygen atoms in total. The van der Waals surface area contributed by atoms with E-state index >= 15 is 0 Å². The van der Waals surface area contributed by atoms with E-state index in [2.05, 4.69) is 14.7 Å². The summed E-state index contributed by atoms with van der Waals surface area (Å²) in [4.78, 5) is 18.4. The molecular formula is C7H7ClN2O3. The van der Waals surface area contributed by atoms with Crippen LogP contribution in [0, 0.1) is 0 Å². The Balaban J connectivity index is 3.06. The zero-order chi connectivity index (χ0) is 9.84. The Kier molecular flexibility index (Phi) is 3.02. The van der Waals surface area contributed by atoms with Gasteiger partial charge in [-0.15, -0.1) is 0 Å². The Bertz CT molecular complexity index is 330. The summed E-state index contributed by atoms with van der Waals surface area (Å²) in [6.07, 6.45) is 1.22. The Morgan fingerprint density at radius 2 is 2.23 bits per heavy atom. The molecular weight excluding hydrogens is 196 g/mol. The first kappa shape index (κ1) is 9.73. The molecule has 1 rings (SSSR count). The zero-order valence-electron chi connectivity index (χ0n) is 7.07. The average molecular weight is 203 g/mol. The molecule has 0 aliphatic rings. The van der Waals surface area contributed by atoms with Crippen molar-refractivity contribution in [1.29, 1.82) is 0 Å². The number of nitrogens with zero attached hydrogens (tertiary/aromatic N) is 2. The van der Waals surface area contributed by atoms with Crippen LogP contribution < -0.4 is 4.74 Å². The average Bonchev–Trinajstić information content (AvgIpc) is 2.17. The van der Waals surface area contributed by atoms with Crippen LogP contribution in [-0.4, -0.2) is 30.2 Å². The molecule has 0 bridgehead atoms. The number of carbonyl (C=O) groups excluding carboxylic acids is 1. The molecule has 6 heteroatoms. The van der Waals surface area contributed by atoms with Gasteiger partial charge >= 0.3 is 5.97 Å². The number of ether oxygens (including phenoxy) is 2. The lowest BCUT2D eigenvalue weighted by Crippen LogP contribution is -2.06. The lowest BCUT2D eigenvalue weighted by atomic mass is 10.4. The van der Waals surface area contributed by atoms with Crippen LogP contribution in [0.25, 0.3) is 0 Å². The van der Waals surface area contributed by atoms with Crippen LogP contribution in [0.2, 0.25) is 5.15 Å². The molecule has 0 saturated carbocycles. The summed E-state index contributed by atoms with van der Waals surface area (Å²) in [5, 5.41) is 0.107. The Hall–Kier alpha value is -1.36. The van der Waals surface area contributed by atoms with Crippen molar-refractivity contribution < 1.29 is 14.3 Å². The number of carbonyl (C=O) groups is 1. The molecule has 0 unspecified atom stereocenters. The molecule has 70 valence electrons. The normalized spacial score (nSPS) is 9.46. The molecule has 0 fully saturated rings. The highest BCUT2D eigenvalue weighted by Gasteiger charge is 2.11. The monoisotopic (exact) mass is 202 g/mol. The molecule has 1 aromatic heterocycles. The van der Waals surface area contributed by atoms with Gasteiger partial charge in [0.1, 0.15) is 0 Å². The van der Waals surface area contributed by atoms with E-state index in [9.17, 15) is 4.79 Å². The van der Waals surface area contributed by atoms with Crippen molar-refractivity contribution in [1.82, 2.24) is 9.97 Å². The minimum atomic E-state index is -0.581. The van der Waals surface area contributed by atoms with Crippen LogP contribution in [-0.2, 0) is 4.74 Å². The van der Waals surface area contributed by atoms with E-state index in [1.54, 1.807) is 0 Å². The molecule has 0 spiro atoms. The van der Waals surface area contributed by atoms with Crippen LogP contribution >= 0.6 is 11.6 Å². The molecule has 0 aliphatic carbocycles. The third kappa shape index (κ3) is 2.06. The first-order valence-corrected chi connectivity index (χ1v) is 3.71. The van der Waals surface area contributed by atoms with Crippen LogP contribution in [0.5, 0.6) is 5.88 Å². The first-order valence-electron chi connectivity index (χ1n) is 3.34. The molecule has 13 heavy (non-hydrogen) atoms. The van der Waals surface area contributed by atoms with Gasteiger partial charge in [-0.25, -0.2) is 14.8 Å².